The summed E-state index contributed by atoms with van der Waals surface area (Å²) in [5.41, 5.74) is 2.95. The van der Waals surface area contributed by atoms with E-state index in [-0.39, 0.29) is 62.9 Å². The zero-order valence-corrected chi connectivity index (χ0v) is 27.9. The van der Waals surface area contributed by atoms with Crippen LogP contribution in [0.15, 0.2) is 116 Å². The molecule has 3 atom stereocenters. The largest absolute Gasteiger partial charge is 0.463 e. The third-order valence-corrected chi connectivity index (χ3v) is 8.00. The van der Waals surface area contributed by atoms with Gasteiger partial charge in [-0.05, 0) is 48.8 Å². The van der Waals surface area contributed by atoms with Crippen molar-refractivity contribution in [3.05, 3.63) is 133 Å². The molecule has 0 fully saturated rings. The van der Waals surface area contributed by atoms with Crippen molar-refractivity contribution in [1.82, 2.24) is 10.2 Å². The summed E-state index contributed by atoms with van der Waals surface area (Å²) in [6.45, 7) is 8.23. The lowest BCUT2D eigenvalue weighted by molar-refractivity contribution is -0.151. The van der Waals surface area contributed by atoms with Gasteiger partial charge in [0.1, 0.15) is 6.61 Å². The Morgan fingerprint density at radius 3 is 2.04 bits per heavy atom. The van der Waals surface area contributed by atoms with E-state index < -0.39 is 12.0 Å². The van der Waals surface area contributed by atoms with Gasteiger partial charge in [0.05, 0.1) is 37.7 Å². The van der Waals surface area contributed by atoms with E-state index in [4.69, 9.17) is 9.47 Å². The van der Waals surface area contributed by atoms with Crippen LogP contribution in [0.5, 0.6) is 0 Å². The van der Waals surface area contributed by atoms with Gasteiger partial charge < -0.3 is 24.8 Å². The molecule has 0 heterocycles. The van der Waals surface area contributed by atoms with Gasteiger partial charge in [0.25, 0.3) is 0 Å². The highest BCUT2D eigenvalue weighted by Crippen LogP contribution is 2.19. The Balaban J connectivity index is 1.69. The van der Waals surface area contributed by atoms with Gasteiger partial charge in [-0.15, -0.1) is 13.2 Å². The van der Waals surface area contributed by atoms with E-state index >= 15 is 0 Å². The van der Waals surface area contributed by atoms with Gasteiger partial charge in [0.2, 0.25) is 11.8 Å². The van der Waals surface area contributed by atoms with Crippen LogP contribution >= 0.6 is 0 Å². The van der Waals surface area contributed by atoms with Crippen LogP contribution in [0.4, 0.5) is 0 Å². The second-order valence-corrected chi connectivity index (χ2v) is 11.9. The second-order valence-electron chi connectivity index (χ2n) is 11.9. The molecule has 3 aromatic rings. The number of hydrogen-bond acceptors (Lipinski definition) is 6. The van der Waals surface area contributed by atoms with Crippen molar-refractivity contribution in [3.63, 3.8) is 0 Å². The molecule has 8 heteroatoms. The van der Waals surface area contributed by atoms with Gasteiger partial charge >= 0.3 is 5.97 Å². The molecule has 3 rings (SSSR count). The third kappa shape index (κ3) is 14.1. The van der Waals surface area contributed by atoms with Crippen molar-refractivity contribution >= 4 is 17.8 Å². The van der Waals surface area contributed by atoms with Gasteiger partial charge in [-0.3, -0.25) is 14.4 Å². The number of amides is 2. The van der Waals surface area contributed by atoms with Crippen LogP contribution in [0.25, 0.3) is 0 Å². The van der Waals surface area contributed by atoms with Crippen LogP contribution in [0.1, 0.15) is 48.8 Å². The number of nitrogens with one attached hydrogen (secondary N) is 1. The molecule has 0 radical (unpaired) electrons. The number of aliphatic hydroxyl groups excluding tert-OH is 1. The monoisotopic (exact) mass is 654 g/mol. The molecule has 3 aromatic carbocycles. The predicted molar refractivity (Wildman–Crippen MR) is 189 cm³/mol. The Hall–Kier alpha value is -4.53. The molecule has 48 heavy (non-hydrogen) atoms. The standard InChI is InChI=1S/C40H50N2O6/c1-3-5-9-23-36(26-32-17-10-6-11-18-32)40(46)48-31-37(30-47-29-34-21-14-8-15-22-34)41-39(45)35(16-4-2)27-38(44)42(24-25-43)28-33-19-12-7-13-20-33/h3-4,6-8,10-15,17-22,35-37,43H,1-2,5,9,16,23-31H2,(H,41,45)/t35-,36+,37-/m0/s1. The van der Waals surface area contributed by atoms with Crippen LogP contribution in [0.2, 0.25) is 0 Å². The molecule has 0 bridgehead atoms. The quantitative estimate of drug-likeness (QED) is 0.0733. The van der Waals surface area contributed by atoms with E-state index in [0.717, 1.165) is 29.5 Å². The number of rotatable bonds is 23. The summed E-state index contributed by atoms with van der Waals surface area (Å²) < 4.78 is 11.8. The first-order valence-corrected chi connectivity index (χ1v) is 16.7. The maximum absolute atomic E-state index is 13.7. The Morgan fingerprint density at radius 2 is 1.44 bits per heavy atom. The molecule has 0 aliphatic carbocycles. The minimum absolute atomic E-state index is 0.0650. The predicted octanol–water partition coefficient (Wildman–Crippen LogP) is 6.05. The van der Waals surface area contributed by atoms with E-state index in [1.807, 2.05) is 97.1 Å². The van der Waals surface area contributed by atoms with E-state index in [2.05, 4.69) is 18.5 Å². The van der Waals surface area contributed by atoms with Crippen molar-refractivity contribution in [1.29, 1.82) is 0 Å². The molecule has 0 spiro atoms. The van der Waals surface area contributed by atoms with Crippen LogP contribution in [0, 0.1) is 11.8 Å². The summed E-state index contributed by atoms with van der Waals surface area (Å²) in [4.78, 5) is 42.0. The molecule has 8 nitrogen and oxygen atoms in total. The van der Waals surface area contributed by atoms with Crippen LogP contribution in [-0.4, -0.2) is 60.2 Å². The van der Waals surface area contributed by atoms with Crippen LogP contribution in [0.3, 0.4) is 0 Å². The fourth-order valence-electron chi connectivity index (χ4n) is 5.40. The highest BCUT2D eigenvalue weighted by molar-refractivity contribution is 5.86. The normalized spacial score (nSPS) is 12.7. The number of unbranched alkanes of at least 4 members (excludes halogenated alkanes) is 1. The average Bonchev–Trinajstić information content (AvgIpc) is 3.11. The zero-order chi connectivity index (χ0) is 34.4. The number of carbonyl (C=O) groups excluding carboxylic acids is 3. The molecule has 2 N–H and O–H groups in total. The number of hydrogen-bond donors (Lipinski definition) is 2. The maximum atomic E-state index is 13.7. The fourth-order valence-corrected chi connectivity index (χ4v) is 5.40. The summed E-state index contributed by atoms with van der Waals surface area (Å²) in [5.74, 6) is -1.99. The lowest BCUT2D eigenvalue weighted by Gasteiger charge is -2.26. The van der Waals surface area contributed by atoms with E-state index in [1.54, 1.807) is 11.0 Å². The summed E-state index contributed by atoms with van der Waals surface area (Å²) >= 11 is 0. The summed E-state index contributed by atoms with van der Waals surface area (Å²) in [7, 11) is 0. The Morgan fingerprint density at radius 1 is 0.812 bits per heavy atom. The molecule has 256 valence electrons. The van der Waals surface area contributed by atoms with Crippen LogP contribution < -0.4 is 5.32 Å². The minimum Gasteiger partial charge on any atom is -0.463 e. The molecule has 0 aromatic heterocycles. The number of carbonyl (C=O) groups is 3. The zero-order valence-electron chi connectivity index (χ0n) is 27.9. The molecule has 0 saturated carbocycles. The number of nitrogens with zero attached hydrogens (tertiary/aromatic N) is 1. The first-order chi connectivity index (χ1) is 23.4. The highest BCUT2D eigenvalue weighted by atomic mass is 16.5. The smallest absolute Gasteiger partial charge is 0.309 e. The molecule has 0 aliphatic heterocycles. The first kappa shape index (κ1) is 37.9. The molecule has 0 saturated heterocycles. The molecular weight excluding hydrogens is 604 g/mol. The van der Waals surface area contributed by atoms with E-state index in [9.17, 15) is 19.5 Å². The second kappa shape index (κ2) is 22.1. The number of aliphatic hydroxyl groups is 1. The van der Waals surface area contributed by atoms with Crippen molar-refractivity contribution in [2.24, 2.45) is 11.8 Å². The minimum atomic E-state index is -0.705. The molecular formula is C40H50N2O6. The molecule has 0 aliphatic rings. The van der Waals surface area contributed by atoms with Gasteiger partial charge in [-0.1, -0.05) is 103 Å². The Bertz CT molecular complexity index is 1380. The van der Waals surface area contributed by atoms with Crippen molar-refractivity contribution < 1.29 is 29.0 Å². The van der Waals surface area contributed by atoms with Crippen LogP contribution in [-0.2, 0) is 43.4 Å². The van der Waals surface area contributed by atoms with E-state index in [0.29, 0.717) is 26.0 Å². The number of allylic oxidation sites excluding steroid dienone is 2. The topological polar surface area (TPSA) is 105 Å². The number of ether oxygens (including phenoxy) is 2. The SMILES string of the molecule is C=CCCC[C@H](Cc1ccccc1)C(=O)OC[C@H](COCc1ccccc1)NC(=O)[C@@H](CC=C)CC(=O)N(CCO)Cc1ccccc1. The summed E-state index contributed by atoms with van der Waals surface area (Å²) in [6.07, 6.45) is 6.48. The van der Waals surface area contributed by atoms with Crippen molar-refractivity contribution in [2.45, 2.75) is 57.7 Å². The van der Waals surface area contributed by atoms with E-state index in [1.165, 1.54) is 0 Å². The summed E-state index contributed by atoms with van der Waals surface area (Å²) in [5, 5.41) is 12.6. The lowest BCUT2D eigenvalue weighted by atomic mass is 9.94. The van der Waals surface area contributed by atoms with Gasteiger partial charge in [0.15, 0.2) is 0 Å². The Kier molecular flexibility index (Phi) is 17.5. The number of benzene rings is 3. The third-order valence-electron chi connectivity index (χ3n) is 8.00. The van der Waals surface area contributed by atoms with Gasteiger partial charge in [-0.2, -0.15) is 0 Å². The number of esters is 1. The molecule has 2 amide bonds. The van der Waals surface area contributed by atoms with Crippen molar-refractivity contribution in [3.8, 4) is 0 Å². The summed E-state index contributed by atoms with van der Waals surface area (Å²) in [6, 6.07) is 28.4. The lowest BCUT2D eigenvalue weighted by Crippen LogP contribution is -2.46. The van der Waals surface area contributed by atoms with Crippen molar-refractivity contribution in [2.75, 3.05) is 26.4 Å². The first-order valence-electron chi connectivity index (χ1n) is 16.7. The Labute approximate surface area is 285 Å². The highest BCUT2D eigenvalue weighted by Gasteiger charge is 2.27. The van der Waals surface area contributed by atoms with Gasteiger partial charge in [0, 0.05) is 19.5 Å². The maximum Gasteiger partial charge on any atom is 0.309 e. The average molecular weight is 655 g/mol. The molecule has 0 unspecified atom stereocenters. The van der Waals surface area contributed by atoms with Gasteiger partial charge in [-0.25, -0.2) is 0 Å². The fraction of sp³-hybridized carbons (Fsp3) is 0.375.